The van der Waals surface area contributed by atoms with Crippen molar-refractivity contribution < 1.29 is 14.3 Å². The lowest BCUT2D eigenvalue weighted by Crippen LogP contribution is -2.34. The van der Waals surface area contributed by atoms with Gasteiger partial charge in [0, 0.05) is 34.4 Å². The van der Waals surface area contributed by atoms with Crippen LogP contribution in [-0.2, 0) is 4.79 Å². The predicted molar refractivity (Wildman–Crippen MR) is 148 cm³/mol. The molecule has 9 nitrogen and oxygen atoms in total. The second kappa shape index (κ2) is 11.0. The maximum absolute atomic E-state index is 12.0. The van der Waals surface area contributed by atoms with Crippen molar-refractivity contribution in [3.8, 4) is 34.0 Å². The zero-order valence-corrected chi connectivity index (χ0v) is 21.4. The topological polar surface area (TPSA) is 114 Å². The van der Waals surface area contributed by atoms with Gasteiger partial charge in [-0.3, -0.25) is 9.89 Å². The Balaban J connectivity index is 1.46. The molecule has 2 heterocycles. The van der Waals surface area contributed by atoms with Crippen LogP contribution in [0, 0.1) is 0 Å². The number of carbonyl (C=O) groups is 1. The SMILES string of the molecule is COc1ccc2nc(-c3cccc(OCC(=O)NC(C)C)c3)nc(Nc3ccc(-c4cn[nH]c4)cc3)c2c1. The molecule has 2 aromatic heterocycles. The molecule has 192 valence electrons. The van der Waals surface area contributed by atoms with E-state index in [4.69, 9.17) is 19.4 Å². The third-order valence-corrected chi connectivity index (χ3v) is 5.79. The lowest BCUT2D eigenvalue weighted by atomic mass is 10.1. The van der Waals surface area contributed by atoms with E-state index in [0.29, 0.717) is 23.1 Å². The van der Waals surface area contributed by atoms with Crippen LogP contribution in [0.15, 0.2) is 79.1 Å². The van der Waals surface area contributed by atoms with Gasteiger partial charge in [-0.05, 0) is 61.9 Å². The molecular formula is C29H28N6O3. The van der Waals surface area contributed by atoms with Crippen LogP contribution < -0.4 is 20.1 Å². The van der Waals surface area contributed by atoms with E-state index in [2.05, 4.69) is 20.8 Å². The Morgan fingerprint density at radius 2 is 1.79 bits per heavy atom. The van der Waals surface area contributed by atoms with Gasteiger partial charge >= 0.3 is 0 Å². The number of fused-ring (bicyclic) bond motifs is 1. The summed E-state index contributed by atoms with van der Waals surface area (Å²) in [6, 6.07) is 21.2. The van der Waals surface area contributed by atoms with E-state index in [1.54, 1.807) is 19.4 Å². The second-order valence-electron chi connectivity index (χ2n) is 9.01. The van der Waals surface area contributed by atoms with Crippen molar-refractivity contribution in [1.82, 2.24) is 25.5 Å². The molecule has 0 aliphatic rings. The van der Waals surface area contributed by atoms with Crippen molar-refractivity contribution in [2.75, 3.05) is 19.0 Å². The Hall–Kier alpha value is -4.92. The van der Waals surface area contributed by atoms with Gasteiger partial charge in [-0.1, -0.05) is 24.3 Å². The molecule has 3 N–H and O–H groups in total. The van der Waals surface area contributed by atoms with E-state index in [0.717, 1.165) is 33.3 Å². The number of anilines is 2. The third kappa shape index (κ3) is 5.73. The first-order chi connectivity index (χ1) is 18.5. The number of aromatic amines is 1. The van der Waals surface area contributed by atoms with Crippen molar-refractivity contribution in [3.63, 3.8) is 0 Å². The van der Waals surface area contributed by atoms with Gasteiger partial charge in [-0.25, -0.2) is 9.97 Å². The summed E-state index contributed by atoms with van der Waals surface area (Å²) in [7, 11) is 1.63. The quantitative estimate of drug-likeness (QED) is 0.246. The summed E-state index contributed by atoms with van der Waals surface area (Å²) < 4.78 is 11.2. The molecule has 0 saturated heterocycles. The van der Waals surface area contributed by atoms with Crippen LogP contribution in [0.3, 0.4) is 0 Å². The average molecular weight is 509 g/mol. The van der Waals surface area contributed by atoms with Gasteiger partial charge in [0.1, 0.15) is 17.3 Å². The molecule has 0 radical (unpaired) electrons. The molecule has 9 heteroatoms. The first kappa shape index (κ1) is 24.8. The van der Waals surface area contributed by atoms with E-state index < -0.39 is 0 Å². The highest BCUT2D eigenvalue weighted by atomic mass is 16.5. The summed E-state index contributed by atoms with van der Waals surface area (Å²) in [5.41, 5.74) is 4.47. The van der Waals surface area contributed by atoms with E-state index >= 15 is 0 Å². The van der Waals surface area contributed by atoms with Crippen LogP contribution in [0.1, 0.15) is 13.8 Å². The van der Waals surface area contributed by atoms with Crippen LogP contribution >= 0.6 is 0 Å². The number of rotatable bonds is 9. The van der Waals surface area contributed by atoms with E-state index in [1.165, 1.54) is 0 Å². The van der Waals surface area contributed by atoms with Crippen LogP contribution in [0.5, 0.6) is 11.5 Å². The summed E-state index contributed by atoms with van der Waals surface area (Å²) in [4.78, 5) is 21.7. The van der Waals surface area contributed by atoms with Gasteiger partial charge in [0.15, 0.2) is 12.4 Å². The Morgan fingerprint density at radius 1 is 0.947 bits per heavy atom. The fourth-order valence-electron chi connectivity index (χ4n) is 3.99. The maximum atomic E-state index is 12.0. The average Bonchev–Trinajstić information content (AvgIpc) is 3.47. The first-order valence-corrected chi connectivity index (χ1v) is 12.2. The van der Waals surface area contributed by atoms with Gasteiger partial charge < -0.3 is 20.1 Å². The monoisotopic (exact) mass is 508 g/mol. The van der Waals surface area contributed by atoms with Crippen LogP contribution in [0.25, 0.3) is 33.4 Å². The molecule has 1 amide bonds. The molecule has 5 rings (SSSR count). The number of methoxy groups -OCH3 is 1. The number of nitrogens with one attached hydrogen (secondary N) is 3. The van der Waals surface area contributed by atoms with Gasteiger partial charge in [-0.2, -0.15) is 5.10 Å². The standard InChI is InChI=1S/C29H28N6O3/c1-18(2)32-27(36)17-38-24-6-4-5-20(13-24)28-34-26-12-11-23(37-3)14-25(26)29(35-28)33-22-9-7-19(8-10-22)21-15-30-31-16-21/h4-16,18H,17H2,1-3H3,(H,30,31)(H,32,36)(H,33,34,35). The van der Waals surface area contributed by atoms with E-state index in [9.17, 15) is 4.79 Å². The smallest absolute Gasteiger partial charge is 0.258 e. The fourth-order valence-corrected chi connectivity index (χ4v) is 3.99. The number of H-pyrrole nitrogens is 1. The molecule has 0 spiro atoms. The van der Waals surface area contributed by atoms with Gasteiger partial charge in [-0.15, -0.1) is 0 Å². The minimum Gasteiger partial charge on any atom is -0.497 e. The highest BCUT2D eigenvalue weighted by molar-refractivity contribution is 5.93. The molecule has 0 aliphatic heterocycles. The number of nitrogens with zero attached hydrogens (tertiary/aromatic N) is 3. The molecule has 5 aromatic rings. The Bertz CT molecular complexity index is 1550. The third-order valence-electron chi connectivity index (χ3n) is 5.79. The molecule has 0 aliphatic carbocycles. The molecular weight excluding hydrogens is 480 g/mol. The Labute approximate surface area is 220 Å². The molecule has 0 fully saturated rings. The number of benzene rings is 3. The van der Waals surface area contributed by atoms with Crippen molar-refractivity contribution in [3.05, 3.63) is 79.1 Å². The molecule has 0 saturated carbocycles. The number of aromatic nitrogens is 4. The normalized spacial score (nSPS) is 10.9. The molecule has 3 aromatic carbocycles. The Kier molecular flexibility index (Phi) is 7.17. The van der Waals surface area contributed by atoms with E-state index in [-0.39, 0.29) is 18.6 Å². The van der Waals surface area contributed by atoms with Crippen LogP contribution in [0.2, 0.25) is 0 Å². The summed E-state index contributed by atoms with van der Waals surface area (Å²) in [6.07, 6.45) is 3.64. The van der Waals surface area contributed by atoms with Crippen LogP contribution in [-0.4, -0.2) is 45.8 Å². The lowest BCUT2D eigenvalue weighted by molar-refractivity contribution is -0.123. The fraction of sp³-hybridized carbons (Fsp3) is 0.172. The van der Waals surface area contributed by atoms with E-state index in [1.807, 2.05) is 80.7 Å². The molecule has 0 bridgehead atoms. The van der Waals surface area contributed by atoms with Gasteiger partial charge in [0.05, 0.1) is 18.8 Å². The maximum Gasteiger partial charge on any atom is 0.258 e. The highest BCUT2D eigenvalue weighted by Gasteiger charge is 2.13. The second-order valence-corrected chi connectivity index (χ2v) is 9.01. The predicted octanol–water partition coefficient (Wildman–Crippen LogP) is 5.34. The molecule has 0 unspecified atom stereocenters. The number of hydrogen-bond acceptors (Lipinski definition) is 7. The number of amides is 1. The van der Waals surface area contributed by atoms with Crippen molar-refractivity contribution in [1.29, 1.82) is 0 Å². The molecule has 0 atom stereocenters. The minimum atomic E-state index is -0.174. The van der Waals surface area contributed by atoms with Crippen molar-refractivity contribution in [2.45, 2.75) is 19.9 Å². The van der Waals surface area contributed by atoms with Crippen LogP contribution in [0.4, 0.5) is 11.5 Å². The molecule has 38 heavy (non-hydrogen) atoms. The largest absolute Gasteiger partial charge is 0.497 e. The van der Waals surface area contributed by atoms with Gasteiger partial charge in [0.25, 0.3) is 5.91 Å². The summed E-state index contributed by atoms with van der Waals surface area (Å²) in [6.45, 7) is 3.75. The highest BCUT2D eigenvalue weighted by Crippen LogP contribution is 2.31. The number of hydrogen-bond donors (Lipinski definition) is 3. The first-order valence-electron chi connectivity index (χ1n) is 12.2. The number of carbonyl (C=O) groups excluding carboxylic acids is 1. The summed E-state index contributed by atoms with van der Waals surface area (Å²) in [5.74, 6) is 2.26. The zero-order chi connectivity index (χ0) is 26.5. The van der Waals surface area contributed by atoms with Crippen molar-refractivity contribution in [2.24, 2.45) is 0 Å². The minimum absolute atomic E-state index is 0.0508. The van der Waals surface area contributed by atoms with Crippen molar-refractivity contribution >= 4 is 28.3 Å². The lowest BCUT2D eigenvalue weighted by Gasteiger charge is -2.13. The Morgan fingerprint density at radius 3 is 2.53 bits per heavy atom. The van der Waals surface area contributed by atoms with Gasteiger partial charge in [0.2, 0.25) is 0 Å². The summed E-state index contributed by atoms with van der Waals surface area (Å²) in [5, 5.41) is 13.9. The number of ether oxygens (including phenoxy) is 2. The summed E-state index contributed by atoms with van der Waals surface area (Å²) >= 11 is 0. The zero-order valence-electron chi connectivity index (χ0n) is 21.4.